The molecule has 0 radical (unpaired) electrons. The quantitative estimate of drug-likeness (QED) is 0.393. The average Bonchev–Trinajstić information content (AvgIpc) is 3.23. The van der Waals surface area contributed by atoms with Crippen molar-refractivity contribution in [2.75, 3.05) is 31.8 Å². The normalized spacial score (nSPS) is 17.9. The number of nitrogens with one attached hydrogen (secondary N) is 1. The van der Waals surface area contributed by atoms with Gasteiger partial charge in [-0.25, -0.2) is 0 Å². The maximum Gasteiger partial charge on any atom is 0.387 e. The molecule has 1 saturated heterocycles. The Bertz CT molecular complexity index is 1370. The summed E-state index contributed by atoms with van der Waals surface area (Å²) >= 11 is 6.04. The molecule has 0 saturated carbocycles. The van der Waals surface area contributed by atoms with E-state index in [4.69, 9.17) is 16.3 Å². The van der Waals surface area contributed by atoms with E-state index < -0.39 is 42.0 Å². The predicted molar refractivity (Wildman–Crippen MR) is 140 cm³/mol. The second-order valence-corrected chi connectivity index (χ2v) is 9.29. The number of aromatic nitrogens is 1. The molecule has 4 rings (SSSR count). The zero-order valence-electron chi connectivity index (χ0n) is 20.8. The van der Waals surface area contributed by atoms with Crippen LogP contribution in [0.1, 0.15) is 27.9 Å². The number of amides is 2. The van der Waals surface area contributed by atoms with E-state index in [1.54, 1.807) is 30.3 Å². The lowest BCUT2D eigenvalue weighted by Crippen LogP contribution is -2.44. The molecule has 9 nitrogen and oxygen atoms in total. The number of alkyl halides is 2. The van der Waals surface area contributed by atoms with Crippen LogP contribution in [-0.4, -0.2) is 61.0 Å². The van der Waals surface area contributed by atoms with Crippen LogP contribution in [0.4, 0.5) is 14.5 Å². The van der Waals surface area contributed by atoms with Gasteiger partial charge in [0.15, 0.2) is 0 Å². The largest absolute Gasteiger partial charge is 0.435 e. The number of rotatable bonds is 10. The van der Waals surface area contributed by atoms with Crippen molar-refractivity contribution in [1.82, 2.24) is 9.88 Å². The van der Waals surface area contributed by atoms with E-state index in [-0.39, 0.29) is 36.8 Å². The Kier molecular flexibility index (Phi) is 8.95. The zero-order chi connectivity index (χ0) is 28.1. The van der Waals surface area contributed by atoms with Crippen LogP contribution in [0.25, 0.3) is 0 Å². The molecule has 1 aliphatic rings. The molecule has 3 atom stereocenters. The van der Waals surface area contributed by atoms with Crippen molar-refractivity contribution in [2.24, 2.45) is 0 Å². The Morgan fingerprint density at radius 1 is 1.13 bits per heavy atom. The number of aliphatic hydroxyl groups is 1. The van der Waals surface area contributed by atoms with Crippen LogP contribution in [0, 0.1) is 0 Å². The number of carbonyl (C=O) groups excluding carboxylic acids is 2. The zero-order valence-corrected chi connectivity index (χ0v) is 21.6. The molecule has 1 aromatic heterocycles. The molecular formula is C27H26ClF2N3O6. The minimum absolute atomic E-state index is 0.0832. The van der Waals surface area contributed by atoms with Gasteiger partial charge in [0.05, 0.1) is 19.3 Å². The van der Waals surface area contributed by atoms with Crippen LogP contribution in [0.2, 0.25) is 5.02 Å². The van der Waals surface area contributed by atoms with Gasteiger partial charge in [-0.05, 0) is 54.1 Å². The fraction of sp³-hybridized carbons (Fsp3) is 0.296. The van der Waals surface area contributed by atoms with Crippen LogP contribution >= 0.6 is 11.6 Å². The van der Waals surface area contributed by atoms with E-state index >= 15 is 0 Å². The second-order valence-electron chi connectivity index (χ2n) is 8.86. The maximum absolute atomic E-state index is 13.7. The highest BCUT2D eigenvalue weighted by Gasteiger charge is 2.43. The number of hydrogen-bond acceptors (Lipinski definition) is 6. The molecule has 206 valence electrons. The highest BCUT2D eigenvalue weighted by Crippen LogP contribution is 2.32. The summed E-state index contributed by atoms with van der Waals surface area (Å²) in [5, 5.41) is 13.0. The summed E-state index contributed by atoms with van der Waals surface area (Å²) in [6.07, 6.45) is 1.50. The number of halogens is 3. The van der Waals surface area contributed by atoms with Crippen LogP contribution in [-0.2, 0) is 9.53 Å². The van der Waals surface area contributed by atoms with Crippen molar-refractivity contribution in [2.45, 2.75) is 24.6 Å². The summed E-state index contributed by atoms with van der Waals surface area (Å²) in [7, 11) is 1.45. The number of ether oxygens (including phenoxy) is 2. The molecule has 1 aliphatic heterocycles. The summed E-state index contributed by atoms with van der Waals surface area (Å²) in [5.74, 6) is -1.77. The molecule has 0 spiro atoms. The molecular weight excluding hydrogens is 536 g/mol. The van der Waals surface area contributed by atoms with Gasteiger partial charge in [0, 0.05) is 36.4 Å². The van der Waals surface area contributed by atoms with Gasteiger partial charge in [0.1, 0.15) is 17.5 Å². The lowest BCUT2D eigenvalue weighted by Gasteiger charge is -2.21. The summed E-state index contributed by atoms with van der Waals surface area (Å²) in [5.41, 5.74) is 0.426. The molecule has 1 unspecified atom stereocenters. The molecule has 12 heteroatoms. The summed E-state index contributed by atoms with van der Waals surface area (Å²) in [4.78, 5) is 41.4. The standard InChI is InChI=1S/C27H26ClF2N3O6/c1-38-15-19(14-34)32-12-2-3-22(25(32)36)33-13-21(16-4-8-18(28)9-5-16)23(26(33)37)31-24(35)17-6-10-20(11-7-17)39-27(29)30/h2-12,19,21,23,27,34H,13-15H2,1H3,(H,31,35)/t19?,21-,23-/m0/s1. The van der Waals surface area contributed by atoms with Crippen molar-refractivity contribution in [3.8, 4) is 5.75 Å². The number of nitrogens with zero attached hydrogens (tertiary/aromatic N) is 2. The summed E-state index contributed by atoms with van der Waals surface area (Å²) in [6.45, 7) is -3.18. The third kappa shape index (κ3) is 6.27. The molecule has 0 aliphatic carbocycles. The van der Waals surface area contributed by atoms with Gasteiger partial charge in [-0.15, -0.1) is 0 Å². The number of hydrogen-bond donors (Lipinski definition) is 2. The fourth-order valence-corrected chi connectivity index (χ4v) is 4.66. The summed E-state index contributed by atoms with van der Waals surface area (Å²) < 4.78 is 35.6. The Morgan fingerprint density at radius 2 is 1.82 bits per heavy atom. The Morgan fingerprint density at radius 3 is 2.44 bits per heavy atom. The third-order valence-electron chi connectivity index (χ3n) is 6.45. The van der Waals surface area contributed by atoms with Gasteiger partial charge in [-0.1, -0.05) is 23.7 Å². The highest BCUT2D eigenvalue weighted by molar-refractivity contribution is 6.30. The van der Waals surface area contributed by atoms with E-state index in [1.165, 1.54) is 53.1 Å². The molecule has 2 aromatic carbocycles. The maximum atomic E-state index is 13.7. The molecule has 39 heavy (non-hydrogen) atoms. The van der Waals surface area contributed by atoms with Gasteiger partial charge >= 0.3 is 6.61 Å². The van der Waals surface area contributed by atoms with Crippen molar-refractivity contribution >= 4 is 29.1 Å². The summed E-state index contributed by atoms with van der Waals surface area (Å²) in [6, 6.07) is 13.3. The Hall–Kier alpha value is -3.80. The lowest BCUT2D eigenvalue weighted by atomic mass is 9.94. The van der Waals surface area contributed by atoms with Crippen molar-refractivity contribution in [3.63, 3.8) is 0 Å². The van der Waals surface area contributed by atoms with Crippen molar-refractivity contribution in [1.29, 1.82) is 0 Å². The molecule has 2 N–H and O–H groups in total. The second kappa shape index (κ2) is 12.4. The number of aliphatic hydroxyl groups excluding tert-OH is 1. The minimum atomic E-state index is -3.00. The number of benzene rings is 2. The number of anilines is 1. The molecule has 3 aromatic rings. The van der Waals surface area contributed by atoms with E-state index in [1.807, 2.05) is 0 Å². The number of methoxy groups -OCH3 is 1. The highest BCUT2D eigenvalue weighted by atomic mass is 35.5. The first-order chi connectivity index (χ1) is 18.7. The van der Waals surface area contributed by atoms with Gasteiger partial charge in [-0.3, -0.25) is 14.4 Å². The van der Waals surface area contributed by atoms with Gasteiger partial charge < -0.3 is 29.4 Å². The SMILES string of the molecule is COCC(CO)n1cccc(N2C[C@@H](c3ccc(Cl)cc3)[C@H](NC(=O)c3ccc(OC(F)F)cc3)C2=O)c1=O. The number of carbonyl (C=O) groups is 2. The smallest absolute Gasteiger partial charge is 0.387 e. The van der Waals surface area contributed by atoms with Crippen LogP contribution < -0.4 is 20.5 Å². The first-order valence-corrected chi connectivity index (χ1v) is 12.3. The Labute approximate surface area is 227 Å². The van der Waals surface area contributed by atoms with Gasteiger partial charge in [-0.2, -0.15) is 8.78 Å². The third-order valence-corrected chi connectivity index (χ3v) is 6.70. The minimum Gasteiger partial charge on any atom is -0.435 e. The first kappa shape index (κ1) is 28.2. The first-order valence-electron chi connectivity index (χ1n) is 12.0. The average molecular weight is 562 g/mol. The van der Waals surface area contributed by atoms with E-state index in [0.29, 0.717) is 10.6 Å². The Balaban J connectivity index is 1.66. The lowest BCUT2D eigenvalue weighted by molar-refractivity contribution is -0.118. The van der Waals surface area contributed by atoms with E-state index in [9.17, 15) is 28.3 Å². The predicted octanol–water partition coefficient (Wildman–Crippen LogP) is 3.21. The van der Waals surface area contributed by atoms with Crippen LogP contribution in [0.15, 0.2) is 71.7 Å². The van der Waals surface area contributed by atoms with E-state index in [2.05, 4.69) is 10.1 Å². The topological polar surface area (TPSA) is 110 Å². The van der Waals surface area contributed by atoms with Crippen LogP contribution in [0.5, 0.6) is 5.75 Å². The molecule has 1 fully saturated rings. The number of pyridine rings is 1. The monoisotopic (exact) mass is 561 g/mol. The molecule has 2 amide bonds. The van der Waals surface area contributed by atoms with Crippen molar-refractivity contribution < 1.29 is 33.0 Å². The van der Waals surface area contributed by atoms with Gasteiger partial charge in [0.2, 0.25) is 5.91 Å². The fourth-order valence-electron chi connectivity index (χ4n) is 4.54. The van der Waals surface area contributed by atoms with Crippen LogP contribution in [0.3, 0.4) is 0 Å². The van der Waals surface area contributed by atoms with E-state index in [0.717, 1.165) is 0 Å². The van der Waals surface area contributed by atoms with Crippen molar-refractivity contribution in [3.05, 3.63) is 93.4 Å². The molecule has 0 bridgehead atoms. The van der Waals surface area contributed by atoms with Gasteiger partial charge in [0.25, 0.3) is 11.5 Å². The molecule has 2 heterocycles.